The summed E-state index contributed by atoms with van der Waals surface area (Å²) in [6.07, 6.45) is 1.70. The molecule has 1 amide bonds. The largest absolute Gasteiger partial charge is 0.454 e. The number of rotatable bonds is 3. The highest BCUT2D eigenvalue weighted by atomic mass is 16.7. The SMILES string of the molecule is O=C(NN=Cc1c2ccccc2cc2ccccc12)c1ccc2c(c1)OCO2. The molecular weight excluding hydrogens is 352 g/mol. The number of ether oxygens (including phenoxy) is 2. The minimum absolute atomic E-state index is 0.173. The Morgan fingerprint density at radius 1 is 0.857 bits per heavy atom. The molecule has 1 heterocycles. The lowest BCUT2D eigenvalue weighted by atomic mass is 9.97. The summed E-state index contributed by atoms with van der Waals surface area (Å²) in [6.45, 7) is 0.173. The number of carbonyl (C=O) groups excluding carboxylic acids is 1. The van der Waals surface area contributed by atoms with Crippen LogP contribution < -0.4 is 14.9 Å². The lowest BCUT2D eigenvalue weighted by Gasteiger charge is -2.08. The molecule has 4 aromatic rings. The van der Waals surface area contributed by atoms with Crippen molar-refractivity contribution in [3.05, 3.63) is 83.9 Å². The smallest absolute Gasteiger partial charge is 0.271 e. The Morgan fingerprint density at radius 2 is 1.54 bits per heavy atom. The molecule has 136 valence electrons. The van der Waals surface area contributed by atoms with E-state index in [1.807, 2.05) is 24.3 Å². The Balaban J connectivity index is 1.47. The summed E-state index contributed by atoms with van der Waals surface area (Å²) in [4.78, 5) is 12.4. The molecule has 0 bridgehead atoms. The molecule has 5 heteroatoms. The first-order valence-electron chi connectivity index (χ1n) is 8.93. The lowest BCUT2D eigenvalue weighted by molar-refractivity contribution is 0.0954. The number of hydrogen-bond acceptors (Lipinski definition) is 4. The molecule has 0 unspecified atom stereocenters. The third kappa shape index (κ3) is 2.83. The van der Waals surface area contributed by atoms with Gasteiger partial charge >= 0.3 is 0 Å². The second-order valence-electron chi connectivity index (χ2n) is 6.50. The van der Waals surface area contributed by atoms with E-state index in [4.69, 9.17) is 9.47 Å². The minimum atomic E-state index is -0.306. The maximum Gasteiger partial charge on any atom is 0.271 e. The molecule has 28 heavy (non-hydrogen) atoms. The Morgan fingerprint density at radius 3 is 2.29 bits per heavy atom. The van der Waals surface area contributed by atoms with E-state index >= 15 is 0 Å². The summed E-state index contributed by atoms with van der Waals surface area (Å²) in [5.74, 6) is 0.901. The minimum Gasteiger partial charge on any atom is -0.454 e. The predicted molar refractivity (Wildman–Crippen MR) is 109 cm³/mol. The second kappa shape index (κ2) is 6.70. The third-order valence-electron chi connectivity index (χ3n) is 4.81. The molecule has 0 radical (unpaired) electrons. The number of hydrogen-bond donors (Lipinski definition) is 1. The first kappa shape index (κ1) is 16.3. The van der Waals surface area contributed by atoms with Gasteiger partial charge in [-0.3, -0.25) is 4.79 Å². The molecule has 1 aliphatic rings. The molecule has 5 nitrogen and oxygen atoms in total. The van der Waals surface area contributed by atoms with Gasteiger partial charge in [0, 0.05) is 11.1 Å². The van der Waals surface area contributed by atoms with Gasteiger partial charge in [-0.2, -0.15) is 5.10 Å². The zero-order chi connectivity index (χ0) is 18.9. The lowest BCUT2D eigenvalue weighted by Crippen LogP contribution is -2.17. The average Bonchev–Trinajstić information content (AvgIpc) is 3.21. The first-order valence-corrected chi connectivity index (χ1v) is 8.93. The molecule has 0 fully saturated rings. The summed E-state index contributed by atoms with van der Waals surface area (Å²) < 4.78 is 10.6. The van der Waals surface area contributed by atoms with Crippen LogP contribution in [0.1, 0.15) is 15.9 Å². The van der Waals surface area contributed by atoms with Crippen molar-refractivity contribution in [3.8, 4) is 11.5 Å². The molecule has 0 saturated carbocycles. The number of amides is 1. The van der Waals surface area contributed by atoms with E-state index in [1.165, 1.54) is 0 Å². The summed E-state index contributed by atoms with van der Waals surface area (Å²) in [7, 11) is 0. The highest BCUT2D eigenvalue weighted by Crippen LogP contribution is 2.32. The van der Waals surface area contributed by atoms with E-state index in [0.29, 0.717) is 17.1 Å². The van der Waals surface area contributed by atoms with Crippen LogP contribution in [0.15, 0.2) is 77.9 Å². The summed E-state index contributed by atoms with van der Waals surface area (Å²) >= 11 is 0. The number of fused-ring (bicyclic) bond motifs is 3. The highest BCUT2D eigenvalue weighted by Gasteiger charge is 2.16. The van der Waals surface area contributed by atoms with E-state index < -0.39 is 0 Å². The molecule has 1 aliphatic heterocycles. The standard InChI is InChI=1S/C23H16N2O3/c26-23(17-9-10-21-22(12-17)28-14-27-21)25-24-13-20-18-7-3-1-5-15(18)11-16-6-2-4-8-19(16)20/h1-13H,14H2,(H,25,26). The number of benzene rings is 4. The highest BCUT2D eigenvalue weighted by molar-refractivity contribution is 6.13. The molecule has 1 N–H and O–H groups in total. The van der Waals surface area contributed by atoms with Crippen LogP contribution in [0.5, 0.6) is 11.5 Å². The number of hydrazone groups is 1. The van der Waals surface area contributed by atoms with Gasteiger partial charge < -0.3 is 9.47 Å². The van der Waals surface area contributed by atoms with E-state index in [9.17, 15) is 4.79 Å². The fourth-order valence-corrected chi connectivity index (χ4v) is 3.45. The third-order valence-corrected chi connectivity index (χ3v) is 4.81. The van der Waals surface area contributed by atoms with Gasteiger partial charge in [-0.15, -0.1) is 0 Å². The van der Waals surface area contributed by atoms with Crippen LogP contribution in [0, 0.1) is 0 Å². The van der Waals surface area contributed by atoms with Crippen molar-refractivity contribution in [2.45, 2.75) is 0 Å². The molecule has 0 aliphatic carbocycles. The summed E-state index contributed by atoms with van der Waals surface area (Å²) in [5.41, 5.74) is 4.04. The van der Waals surface area contributed by atoms with Gasteiger partial charge in [0.2, 0.25) is 6.79 Å². The number of nitrogens with zero attached hydrogens (tertiary/aromatic N) is 1. The van der Waals surface area contributed by atoms with Crippen LogP contribution >= 0.6 is 0 Å². The van der Waals surface area contributed by atoms with Crippen molar-refractivity contribution in [1.29, 1.82) is 0 Å². The Bertz CT molecular complexity index is 1190. The van der Waals surface area contributed by atoms with Crippen molar-refractivity contribution in [1.82, 2.24) is 5.43 Å². The average molecular weight is 368 g/mol. The van der Waals surface area contributed by atoms with Crippen LogP contribution in [0.25, 0.3) is 21.5 Å². The van der Waals surface area contributed by atoms with Crippen molar-refractivity contribution >= 4 is 33.7 Å². The summed E-state index contributed by atoms with van der Waals surface area (Å²) in [6, 6.07) is 23.5. The first-order chi connectivity index (χ1) is 13.8. The van der Waals surface area contributed by atoms with Gasteiger partial charge in [-0.05, 0) is 45.8 Å². The molecular formula is C23H16N2O3. The molecule has 4 aromatic carbocycles. The van der Waals surface area contributed by atoms with Crippen LogP contribution in [0.3, 0.4) is 0 Å². The zero-order valence-corrected chi connectivity index (χ0v) is 14.9. The Labute approximate surface area is 161 Å². The van der Waals surface area contributed by atoms with Gasteiger partial charge in [0.05, 0.1) is 6.21 Å². The summed E-state index contributed by atoms with van der Waals surface area (Å²) in [5, 5.41) is 8.64. The molecule has 0 spiro atoms. The monoisotopic (exact) mass is 368 g/mol. The van der Waals surface area contributed by atoms with Crippen molar-refractivity contribution in [2.24, 2.45) is 5.10 Å². The quantitative estimate of drug-likeness (QED) is 0.329. The van der Waals surface area contributed by atoms with Gasteiger partial charge in [-0.25, -0.2) is 5.43 Å². The predicted octanol–water partition coefficient (Wildman–Crippen LogP) is 4.49. The molecule has 0 saturated heterocycles. The van der Waals surface area contributed by atoms with E-state index in [-0.39, 0.29) is 12.7 Å². The van der Waals surface area contributed by atoms with Gasteiger partial charge in [0.1, 0.15) is 0 Å². The van der Waals surface area contributed by atoms with Crippen molar-refractivity contribution in [2.75, 3.05) is 6.79 Å². The molecule has 5 rings (SSSR count). The van der Waals surface area contributed by atoms with Crippen LogP contribution in [-0.2, 0) is 0 Å². The van der Waals surface area contributed by atoms with Crippen molar-refractivity contribution in [3.63, 3.8) is 0 Å². The fraction of sp³-hybridized carbons (Fsp3) is 0.0435. The number of carbonyl (C=O) groups is 1. The second-order valence-corrected chi connectivity index (χ2v) is 6.50. The zero-order valence-electron chi connectivity index (χ0n) is 14.9. The normalized spacial score (nSPS) is 12.7. The molecule has 0 atom stereocenters. The fourth-order valence-electron chi connectivity index (χ4n) is 3.45. The van der Waals surface area contributed by atoms with Gasteiger partial charge in [0.25, 0.3) is 5.91 Å². The topological polar surface area (TPSA) is 59.9 Å². The Kier molecular flexibility index (Phi) is 3.91. The van der Waals surface area contributed by atoms with Gasteiger partial charge in [0.15, 0.2) is 11.5 Å². The van der Waals surface area contributed by atoms with Gasteiger partial charge in [-0.1, -0.05) is 48.5 Å². The number of nitrogens with one attached hydrogen (secondary N) is 1. The maximum absolute atomic E-state index is 12.4. The van der Waals surface area contributed by atoms with Crippen molar-refractivity contribution < 1.29 is 14.3 Å². The van der Waals surface area contributed by atoms with Crippen LogP contribution in [0.4, 0.5) is 0 Å². The van der Waals surface area contributed by atoms with Crippen LogP contribution in [0.2, 0.25) is 0 Å². The van der Waals surface area contributed by atoms with E-state index in [2.05, 4.69) is 40.9 Å². The van der Waals surface area contributed by atoms with E-state index in [1.54, 1.807) is 24.4 Å². The van der Waals surface area contributed by atoms with E-state index in [0.717, 1.165) is 27.1 Å². The maximum atomic E-state index is 12.4. The molecule has 0 aromatic heterocycles. The van der Waals surface area contributed by atoms with Crippen LogP contribution in [-0.4, -0.2) is 18.9 Å². The Hall–Kier alpha value is -3.86.